The van der Waals surface area contributed by atoms with E-state index in [1.165, 1.54) is 0 Å². The van der Waals surface area contributed by atoms with Crippen molar-refractivity contribution in [2.45, 2.75) is 32.9 Å². The van der Waals surface area contributed by atoms with E-state index in [1.807, 2.05) is 25.1 Å². The molecule has 2 rings (SSSR count). The molecule has 0 aliphatic rings. The minimum Gasteiger partial charge on any atom is -0.390 e. The molecule has 1 aromatic heterocycles. The quantitative estimate of drug-likeness (QED) is 0.859. The molecular weight excluding hydrogens is 248 g/mol. The second kappa shape index (κ2) is 5.43. The van der Waals surface area contributed by atoms with Gasteiger partial charge in [0, 0.05) is 34.6 Å². The summed E-state index contributed by atoms with van der Waals surface area (Å²) in [5, 5.41) is 19.8. The molecule has 1 heterocycles. The smallest absolute Gasteiger partial charge is 0.0833 e. The molecule has 0 unspecified atom stereocenters. The number of aromatic nitrogens is 1. The van der Waals surface area contributed by atoms with Crippen LogP contribution in [0, 0.1) is 18.3 Å². The Kier molecular flexibility index (Phi) is 3.90. The van der Waals surface area contributed by atoms with E-state index < -0.39 is 0 Å². The molecule has 4 heteroatoms. The van der Waals surface area contributed by atoms with Gasteiger partial charge in [-0.2, -0.15) is 5.26 Å². The molecule has 0 saturated carbocycles. The van der Waals surface area contributed by atoms with Crippen molar-refractivity contribution < 1.29 is 5.11 Å². The Balaban J connectivity index is 2.48. The normalized spacial score (nSPS) is 10.8. The molecule has 0 fully saturated rings. The van der Waals surface area contributed by atoms with E-state index in [0.717, 1.165) is 40.1 Å². The maximum absolute atomic E-state index is 9.40. The van der Waals surface area contributed by atoms with Crippen LogP contribution < -0.4 is 0 Å². The van der Waals surface area contributed by atoms with Crippen LogP contribution in [0.15, 0.2) is 18.2 Å². The number of fused-ring (bicyclic) bond motifs is 1. The number of nitriles is 1. The van der Waals surface area contributed by atoms with Gasteiger partial charge in [0.2, 0.25) is 0 Å². The number of aliphatic hydroxyl groups excluding tert-OH is 1. The van der Waals surface area contributed by atoms with Crippen molar-refractivity contribution in [3.8, 4) is 6.07 Å². The Morgan fingerprint density at radius 3 is 2.83 bits per heavy atom. The second-order valence-corrected chi connectivity index (χ2v) is 4.77. The highest BCUT2D eigenvalue weighted by Crippen LogP contribution is 2.27. The summed E-state index contributed by atoms with van der Waals surface area (Å²) in [5.41, 5.74) is 2.96. The molecule has 0 radical (unpaired) electrons. The van der Waals surface area contributed by atoms with E-state index in [4.69, 9.17) is 16.9 Å². The van der Waals surface area contributed by atoms with E-state index in [2.05, 4.69) is 10.6 Å². The molecule has 0 aliphatic heterocycles. The van der Waals surface area contributed by atoms with Crippen LogP contribution in [0.4, 0.5) is 0 Å². The lowest BCUT2D eigenvalue weighted by molar-refractivity contribution is 0.271. The Morgan fingerprint density at radius 1 is 1.39 bits per heavy atom. The van der Waals surface area contributed by atoms with E-state index in [0.29, 0.717) is 6.42 Å². The van der Waals surface area contributed by atoms with Crippen LogP contribution >= 0.6 is 11.6 Å². The third kappa shape index (κ3) is 2.35. The highest BCUT2D eigenvalue weighted by Gasteiger charge is 2.09. The predicted molar refractivity (Wildman–Crippen MR) is 72.5 cm³/mol. The Labute approximate surface area is 111 Å². The summed E-state index contributed by atoms with van der Waals surface area (Å²) in [6, 6.07) is 8.04. The molecule has 94 valence electrons. The Bertz CT molecular complexity index is 610. The standard InChI is InChI=1S/C14H15ClN2O/c1-10-6-14-11(8-13(10)15)7-12(9-18)17(14)5-3-2-4-16/h6-8,18H,2-3,5,9H2,1H3. The highest BCUT2D eigenvalue weighted by molar-refractivity contribution is 6.32. The van der Waals surface area contributed by atoms with Crippen LogP contribution in [0.3, 0.4) is 0 Å². The molecule has 18 heavy (non-hydrogen) atoms. The van der Waals surface area contributed by atoms with E-state index in [9.17, 15) is 5.11 Å². The van der Waals surface area contributed by atoms with Gasteiger partial charge in [-0.25, -0.2) is 0 Å². The number of aliphatic hydroxyl groups is 1. The van der Waals surface area contributed by atoms with Gasteiger partial charge in [-0.05, 0) is 37.1 Å². The minimum absolute atomic E-state index is 0.00208. The van der Waals surface area contributed by atoms with Gasteiger partial charge in [0.05, 0.1) is 12.7 Å². The zero-order chi connectivity index (χ0) is 13.1. The van der Waals surface area contributed by atoms with Crippen LogP contribution in [0.5, 0.6) is 0 Å². The Hall–Kier alpha value is -1.50. The third-order valence-corrected chi connectivity index (χ3v) is 3.51. The van der Waals surface area contributed by atoms with Crippen molar-refractivity contribution in [3.63, 3.8) is 0 Å². The molecule has 2 aromatic rings. The summed E-state index contributed by atoms with van der Waals surface area (Å²) in [7, 11) is 0. The zero-order valence-corrected chi connectivity index (χ0v) is 11.0. The molecule has 0 aliphatic carbocycles. The first-order valence-corrected chi connectivity index (χ1v) is 6.31. The molecule has 1 aromatic carbocycles. The van der Waals surface area contributed by atoms with Gasteiger partial charge in [0.25, 0.3) is 0 Å². The van der Waals surface area contributed by atoms with E-state index >= 15 is 0 Å². The number of hydrogen-bond acceptors (Lipinski definition) is 2. The fourth-order valence-electron chi connectivity index (χ4n) is 2.15. The van der Waals surface area contributed by atoms with Crippen molar-refractivity contribution >= 4 is 22.5 Å². The number of rotatable bonds is 4. The van der Waals surface area contributed by atoms with E-state index in [-0.39, 0.29) is 6.61 Å². The number of benzene rings is 1. The zero-order valence-electron chi connectivity index (χ0n) is 10.3. The molecule has 0 saturated heterocycles. The number of halogens is 1. The molecule has 1 N–H and O–H groups in total. The second-order valence-electron chi connectivity index (χ2n) is 4.37. The lowest BCUT2D eigenvalue weighted by Crippen LogP contribution is -2.02. The maximum atomic E-state index is 9.40. The summed E-state index contributed by atoms with van der Waals surface area (Å²) in [6.07, 6.45) is 1.31. The maximum Gasteiger partial charge on any atom is 0.0833 e. The SMILES string of the molecule is Cc1cc2c(cc1Cl)cc(CO)n2CCCC#N. The van der Waals surface area contributed by atoms with Crippen molar-refractivity contribution in [1.29, 1.82) is 5.26 Å². The first kappa shape index (κ1) is 12.9. The topological polar surface area (TPSA) is 49.0 Å². The molecule has 0 amide bonds. The van der Waals surface area contributed by atoms with Gasteiger partial charge in [-0.3, -0.25) is 0 Å². The van der Waals surface area contributed by atoms with Crippen molar-refractivity contribution in [2.24, 2.45) is 0 Å². The van der Waals surface area contributed by atoms with Crippen molar-refractivity contribution in [1.82, 2.24) is 4.57 Å². The summed E-state index contributed by atoms with van der Waals surface area (Å²) in [5.74, 6) is 0. The van der Waals surface area contributed by atoms with Gasteiger partial charge in [-0.15, -0.1) is 0 Å². The van der Waals surface area contributed by atoms with Crippen molar-refractivity contribution in [3.05, 3.63) is 34.5 Å². The van der Waals surface area contributed by atoms with Crippen LogP contribution in [0.25, 0.3) is 10.9 Å². The Morgan fingerprint density at radius 2 is 2.17 bits per heavy atom. The highest BCUT2D eigenvalue weighted by atomic mass is 35.5. The molecule has 0 atom stereocenters. The lowest BCUT2D eigenvalue weighted by Gasteiger charge is -2.08. The third-order valence-electron chi connectivity index (χ3n) is 3.10. The van der Waals surface area contributed by atoms with Gasteiger partial charge in [0.1, 0.15) is 0 Å². The number of aryl methyl sites for hydroxylation is 2. The molecular formula is C14H15ClN2O. The molecule has 0 bridgehead atoms. The summed E-state index contributed by atoms with van der Waals surface area (Å²) < 4.78 is 2.07. The van der Waals surface area contributed by atoms with Crippen LogP contribution in [0.2, 0.25) is 5.02 Å². The number of nitrogens with zero attached hydrogens (tertiary/aromatic N) is 2. The average molecular weight is 263 g/mol. The van der Waals surface area contributed by atoms with Crippen molar-refractivity contribution in [2.75, 3.05) is 0 Å². The predicted octanol–water partition coefficient (Wildman–Crippen LogP) is 3.40. The van der Waals surface area contributed by atoms with E-state index in [1.54, 1.807) is 0 Å². The first-order valence-electron chi connectivity index (χ1n) is 5.93. The first-order chi connectivity index (χ1) is 8.67. The average Bonchev–Trinajstić information content (AvgIpc) is 2.68. The minimum atomic E-state index is -0.00208. The number of unbranched alkanes of at least 4 members (excludes halogenated alkanes) is 1. The monoisotopic (exact) mass is 262 g/mol. The largest absolute Gasteiger partial charge is 0.390 e. The van der Waals surface area contributed by atoms with Gasteiger partial charge in [-0.1, -0.05) is 11.6 Å². The van der Waals surface area contributed by atoms with Crippen LogP contribution in [-0.2, 0) is 13.2 Å². The van der Waals surface area contributed by atoms with Crippen LogP contribution in [-0.4, -0.2) is 9.67 Å². The fourth-order valence-corrected chi connectivity index (χ4v) is 2.33. The summed E-state index contributed by atoms with van der Waals surface area (Å²) >= 11 is 6.10. The van der Waals surface area contributed by atoms with Gasteiger partial charge >= 0.3 is 0 Å². The molecule has 3 nitrogen and oxygen atoms in total. The van der Waals surface area contributed by atoms with Gasteiger partial charge in [0.15, 0.2) is 0 Å². The van der Waals surface area contributed by atoms with Gasteiger partial charge < -0.3 is 9.67 Å². The number of hydrogen-bond donors (Lipinski definition) is 1. The fraction of sp³-hybridized carbons (Fsp3) is 0.357. The lowest BCUT2D eigenvalue weighted by atomic mass is 10.2. The molecule has 0 spiro atoms. The summed E-state index contributed by atoms with van der Waals surface area (Å²) in [4.78, 5) is 0. The summed E-state index contributed by atoms with van der Waals surface area (Å²) in [6.45, 7) is 2.71. The van der Waals surface area contributed by atoms with Crippen LogP contribution in [0.1, 0.15) is 24.1 Å².